The van der Waals surface area contributed by atoms with Crippen LogP contribution in [0.5, 0.6) is 0 Å². The SMILES string of the molecule is C=CCC1(CC=C)CCN(OC(=O)C(C)(C)C)C1=O. The molecule has 1 rings (SSSR count). The van der Waals surface area contributed by atoms with Crippen molar-refractivity contribution in [2.45, 2.75) is 40.0 Å². The van der Waals surface area contributed by atoms with Crippen LogP contribution in [-0.4, -0.2) is 23.5 Å². The lowest BCUT2D eigenvalue weighted by atomic mass is 9.80. The lowest BCUT2D eigenvalue weighted by Gasteiger charge is -2.26. The van der Waals surface area contributed by atoms with Crippen molar-refractivity contribution in [3.8, 4) is 0 Å². The molecule has 0 N–H and O–H groups in total. The lowest BCUT2D eigenvalue weighted by molar-refractivity contribution is -0.202. The number of amides is 1. The van der Waals surface area contributed by atoms with Gasteiger partial charge in [-0.25, -0.2) is 4.79 Å². The summed E-state index contributed by atoms with van der Waals surface area (Å²) >= 11 is 0. The van der Waals surface area contributed by atoms with E-state index in [9.17, 15) is 9.59 Å². The molecule has 0 radical (unpaired) electrons. The first-order valence-corrected chi connectivity index (χ1v) is 6.53. The maximum atomic E-state index is 12.4. The molecular formula is C15H23NO3. The van der Waals surface area contributed by atoms with E-state index in [0.717, 1.165) is 0 Å². The van der Waals surface area contributed by atoms with E-state index >= 15 is 0 Å². The third-order valence-corrected chi connectivity index (χ3v) is 3.35. The van der Waals surface area contributed by atoms with E-state index in [1.807, 2.05) is 0 Å². The maximum Gasteiger partial charge on any atom is 0.337 e. The number of nitrogens with zero attached hydrogens (tertiary/aromatic N) is 1. The predicted molar refractivity (Wildman–Crippen MR) is 73.9 cm³/mol. The van der Waals surface area contributed by atoms with Gasteiger partial charge in [-0.2, -0.15) is 5.06 Å². The third kappa shape index (κ3) is 3.25. The first-order chi connectivity index (χ1) is 8.77. The van der Waals surface area contributed by atoms with Crippen molar-refractivity contribution >= 4 is 11.9 Å². The van der Waals surface area contributed by atoms with Crippen molar-refractivity contribution in [3.05, 3.63) is 25.3 Å². The monoisotopic (exact) mass is 265 g/mol. The second-order valence-corrected chi connectivity index (χ2v) is 6.05. The molecule has 4 nitrogen and oxygen atoms in total. The molecule has 4 heteroatoms. The van der Waals surface area contributed by atoms with Crippen LogP contribution in [0.3, 0.4) is 0 Å². The van der Waals surface area contributed by atoms with Gasteiger partial charge in [0, 0.05) is 0 Å². The summed E-state index contributed by atoms with van der Waals surface area (Å²) in [6.45, 7) is 13.1. The van der Waals surface area contributed by atoms with Crippen LogP contribution in [0.2, 0.25) is 0 Å². The van der Waals surface area contributed by atoms with Crippen LogP contribution in [0.15, 0.2) is 25.3 Å². The number of rotatable bonds is 5. The van der Waals surface area contributed by atoms with Gasteiger partial charge in [-0.3, -0.25) is 4.79 Å². The van der Waals surface area contributed by atoms with Crippen molar-refractivity contribution in [2.24, 2.45) is 10.8 Å². The van der Waals surface area contributed by atoms with Crippen LogP contribution in [0, 0.1) is 10.8 Å². The Hall–Kier alpha value is -1.58. The summed E-state index contributed by atoms with van der Waals surface area (Å²) < 4.78 is 0. The summed E-state index contributed by atoms with van der Waals surface area (Å²) in [6.07, 6.45) is 5.26. The number of carbonyl (C=O) groups excluding carboxylic acids is 2. The van der Waals surface area contributed by atoms with Crippen LogP contribution in [-0.2, 0) is 14.4 Å². The summed E-state index contributed by atoms with van der Waals surface area (Å²) in [5.74, 6) is -0.543. The Bertz CT molecular complexity index is 383. The fourth-order valence-corrected chi connectivity index (χ4v) is 2.13. The van der Waals surface area contributed by atoms with Gasteiger partial charge >= 0.3 is 5.97 Å². The average molecular weight is 265 g/mol. The molecule has 0 atom stereocenters. The van der Waals surface area contributed by atoms with Crippen LogP contribution < -0.4 is 0 Å². The highest BCUT2D eigenvalue weighted by atomic mass is 16.7. The standard InChI is InChI=1S/C15H23NO3/c1-6-8-15(9-7-2)10-11-16(12(15)17)19-13(18)14(3,4)5/h6-7H,1-2,8-11H2,3-5H3. The molecule has 1 saturated heterocycles. The molecule has 1 heterocycles. The van der Waals surface area contributed by atoms with Crippen molar-refractivity contribution < 1.29 is 14.4 Å². The second kappa shape index (κ2) is 5.59. The zero-order valence-corrected chi connectivity index (χ0v) is 12.1. The van der Waals surface area contributed by atoms with E-state index in [4.69, 9.17) is 4.84 Å². The van der Waals surface area contributed by atoms with E-state index in [0.29, 0.717) is 25.8 Å². The molecule has 19 heavy (non-hydrogen) atoms. The fraction of sp³-hybridized carbons (Fsp3) is 0.600. The molecule has 0 aromatic rings. The first-order valence-electron chi connectivity index (χ1n) is 6.53. The molecule has 1 amide bonds. The molecule has 0 spiro atoms. The summed E-state index contributed by atoms with van der Waals surface area (Å²) in [6, 6.07) is 0. The molecule has 0 saturated carbocycles. The zero-order chi connectivity index (χ0) is 14.7. The van der Waals surface area contributed by atoms with Gasteiger partial charge in [-0.15, -0.1) is 13.2 Å². The Morgan fingerprint density at radius 1 is 1.37 bits per heavy atom. The van der Waals surface area contributed by atoms with Crippen molar-refractivity contribution in [2.75, 3.05) is 6.54 Å². The smallest absolute Gasteiger partial charge is 0.337 e. The number of hydrogen-bond acceptors (Lipinski definition) is 3. The van der Waals surface area contributed by atoms with E-state index in [2.05, 4.69) is 13.2 Å². The Labute approximate surface area is 115 Å². The maximum absolute atomic E-state index is 12.4. The summed E-state index contributed by atoms with van der Waals surface area (Å²) in [5, 5.41) is 1.20. The summed E-state index contributed by atoms with van der Waals surface area (Å²) in [7, 11) is 0. The Morgan fingerprint density at radius 2 is 1.89 bits per heavy atom. The number of hydroxylamine groups is 2. The minimum absolute atomic E-state index is 0.148. The van der Waals surface area contributed by atoms with Gasteiger partial charge in [-0.1, -0.05) is 12.2 Å². The van der Waals surface area contributed by atoms with Gasteiger partial charge in [0.05, 0.1) is 17.4 Å². The first kappa shape index (κ1) is 15.5. The lowest BCUT2D eigenvalue weighted by Crippen LogP contribution is -2.38. The predicted octanol–water partition coefficient (Wildman–Crippen LogP) is 2.86. The normalized spacial score (nSPS) is 18.3. The van der Waals surface area contributed by atoms with Crippen LogP contribution in [0.4, 0.5) is 0 Å². The molecule has 0 aromatic heterocycles. The fourth-order valence-electron chi connectivity index (χ4n) is 2.13. The molecule has 1 fully saturated rings. The van der Waals surface area contributed by atoms with Gasteiger partial charge in [0.1, 0.15) is 0 Å². The van der Waals surface area contributed by atoms with Crippen LogP contribution >= 0.6 is 0 Å². The Balaban J connectivity index is 2.81. The molecule has 0 aliphatic carbocycles. The zero-order valence-electron chi connectivity index (χ0n) is 12.1. The highest BCUT2D eigenvalue weighted by molar-refractivity contribution is 5.86. The van der Waals surface area contributed by atoms with Crippen LogP contribution in [0.1, 0.15) is 40.0 Å². The highest BCUT2D eigenvalue weighted by Crippen LogP contribution is 2.39. The van der Waals surface area contributed by atoms with E-state index in [-0.39, 0.29) is 5.91 Å². The summed E-state index contributed by atoms with van der Waals surface area (Å²) in [5.41, 5.74) is -1.16. The van der Waals surface area contributed by atoms with E-state index in [1.54, 1.807) is 32.9 Å². The quantitative estimate of drug-likeness (QED) is 0.718. The number of carbonyl (C=O) groups is 2. The topological polar surface area (TPSA) is 46.6 Å². The van der Waals surface area contributed by atoms with Crippen molar-refractivity contribution in [1.29, 1.82) is 0 Å². The number of hydrogen-bond donors (Lipinski definition) is 0. The molecule has 0 bridgehead atoms. The van der Waals surface area contributed by atoms with Gasteiger partial charge in [-0.05, 0) is 40.0 Å². The molecule has 1 aliphatic rings. The third-order valence-electron chi connectivity index (χ3n) is 3.35. The Kier molecular flexibility index (Phi) is 4.56. The van der Waals surface area contributed by atoms with Gasteiger partial charge in [0.25, 0.3) is 5.91 Å². The molecule has 106 valence electrons. The van der Waals surface area contributed by atoms with Crippen molar-refractivity contribution in [3.63, 3.8) is 0 Å². The molecule has 1 aliphatic heterocycles. The van der Waals surface area contributed by atoms with Gasteiger partial charge < -0.3 is 4.84 Å². The Morgan fingerprint density at radius 3 is 2.32 bits per heavy atom. The highest BCUT2D eigenvalue weighted by Gasteiger charge is 2.47. The largest absolute Gasteiger partial charge is 0.338 e. The minimum atomic E-state index is -0.623. The van der Waals surface area contributed by atoms with Crippen LogP contribution in [0.25, 0.3) is 0 Å². The van der Waals surface area contributed by atoms with Gasteiger partial charge in [0.15, 0.2) is 0 Å². The van der Waals surface area contributed by atoms with Gasteiger partial charge in [0.2, 0.25) is 0 Å². The van der Waals surface area contributed by atoms with E-state index < -0.39 is 16.8 Å². The summed E-state index contributed by atoms with van der Waals surface area (Å²) in [4.78, 5) is 29.5. The second-order valence-electron chi connectivity index (χ2n) is 6.05. The van der Waals surface area contributed by atoms with Crippen molar-refractivity contribution in [1.82, 2.24) is 5.06 Å². The number of allylic oxidation sites excluding steroid dienone is 2. The minimum Gasteiger partial charge on any atom is -0.338 e. The molecule has 0 aromatic carbocycles. The van der Waals surface area contributed by atoms with E-state index in [1.165, 1.54) is 5.06 Å². The molecule has 0 unspecified atom stereocenters. The molecular weight excluding hydrogens is 242 g/mol. The average Bonchev–Trinajstić information content (AvgIpc) is 2.58.